The van der Waals surface area contributed by atoms with Gasteiger partial charge in [-0.05, 0) is 65.9 Å². The average molecular weight is 469 g/mol. The highest BCUT2D eigenvalue weighted by atomic mass is 16.5. The van der Waals surface area contributed by atoms with Gasteiger partial charge in [0.1, 0.15) is 11.2 Å². The summed E-state index contributed by atoms with van der Waals surface area (Å²) in [5.74, 6) is 0.677. The maximum Gasteiger partial charge on any atom is 0.251 e. The standard InChI is InChI=1S/C28H28N4O3/c1-28(17-29)18-35-16-21-8-7-19(12-24(21)28)27(33)31-14-23-11-22-15-32(10-9-20(22)13-30-23)25-5-3-4-6-26(25)34-2/h3-8,11-13H,9-10,14-16,18H2,1-2H3,(H,31,33). The largest absolute Gasteiger partial charge is 0.495 e. The van der Waals surface area contributed by atoms with E-state index in [4.69, 9.17) is 9.47 Å². The van der Waals surface area contributed by atoms with Crippen molar-refractivity contribution in [2.24, 2.45) is 0 Å². The van der Waals surface area contributed by atoms with Gasteiger partial charge in [-0.3, -0.25) is 9.78 Å². The SMILES string of the molecule is COc1ccccc1N1CCc2cnc(CNC(=O)c3ccc4c(c3)C(C)(C#N)COC4)cc2C1. The van der Waals surface area contributed by atoms with Crippen LogP contribution in [0.4, 0.5) is 5.69 Å². The number of rotatable bonds is 5. The quantitative estimate of drug-likeness (QED) is 0.611. The van der Waals surface area contributed by atoms with Gasteiger partial charge in [0.15, 0.2) is 0 Å². The number of nitriles is 1. The summed E-state index contributed by atoms with van der Waals surface area (Å²) in [5.41, 5.74) is 5.93. The molecule has 2 aliphatic rings. The molecular weight excluding hydrogens is 440 g/mol. The van der Waals surface area contributed by atoms with Crippen LogP contribution in [0.3, 0.4) is 0 Å². The normalized spacial score (nSPS) is 18.7. The average Bonchev–Trinajstić information content (AvgIpc) is 2.91. The predicted octanol–water partition coefficient (Wildman–Crippen LogP) is 3.89. The zero-order valence-electron chi connectivity index (χ0n) is 20.0. The summed E-state index contributed by atoms with van der Waals surface area (Å²) < 4.78 is 11.1. The predicted molar refractivity (Wildman–Crippen MR) is 132 cm³/mol. The van der Waals surface area contributed by atoms with Crippen LogP contribution >= 0.6 is 0 Å². The molecule has 0 fully saturated rings. The molecule has 1 atom stereocenters. The molecule has 7 heteroatoms. The Balaban J connectivity index is 1.29. The van der Waals surface area contributed by atoms with E-state index in [1.165, 1.54) is 11.1 Å². The van der Waals surface area contributed by atoms with Gasteiger partial charge in [-0.25, -0.2) is 0 Å². The van der Waals surface area contributed by atoms with E-state index in [0.29, 0.717) is 25.3 Å². The number of benzene rings is 2. The fourth-order valence-corrected chi connectivity index (χ4v) is 4.85. The highest BCUT2D eigenvalue weighted by Gasteiger charge is 2.33. The number of hydrogen-bond acceptors (Lipinski definition) is 6. The van der Waals surface area contributed by atoms with Crippen molar-refractivity contribution >= 4 is 11.6 Å². The summed E-state index contributed by atoms with van der Waals surface area (Å²) in [7, 11) is 1.69. The Morgan fingerprint density at radius 3 is 2.91 bits per heavy atom. The van der Waals surface area contributed by atoms with Gasteiger partial charge in [0.05, 0.1) is 44.3 Å². The molecule has 0 bridgehead atoms. The molecule has 0 saturated carbocycles. The van der Waals surface area contributed by atoms with Gasteiger partial charge in [-0.2, -0.15) is 5.26 Å². The Bertz CT molecular complexity index is 1320. The van der Waals surface area contributed by atoms with Gasteiger partial charge in [-0.1, -0.05) is 18.2 Å². The molecule has 178 valence electrons. The summed E-state index contributed by atoms with van der Waals surface area (Å²) in [6.07, 6.45) is 2.83. The number of pyridine rings is 1. The van der Waals surface area contributed by atoms with Crippen LogP contribution in [0.15, 0.2) is 54.7 Å². The van der Waals surface area contributed by atoms with E-state index < -0.39 is 5.41 Å². The van der Waals surface area contributed by atoms with Crippen molar-refractivity contribution in [3.8, 4) is 11.8 Å². The number of fused-ring (bicyclic) bond motifs is 2. The van der Waals surface area contributed by atoms with E-state index in [1.54, 1.807) is 13.2 Å². The molecule has 0 radical (unpaired) electrons. The number of methoxy groups -OCH3 is 1. The molecule has 7 nitrogen and oxygen atoms in total. The molecule has 2 aliphatic heterocycles. The monoisotopic (exact) mass is 468 g/mol. The number of hydrogen-bond donors (Lipinski definition) is 1. The molecule has 2 aromatic carbocycles. The van der Waals surface area contributed by atoms with Crippen molar-refractivity contribution < 1.29 is 14.3 Å². The van der Waals surface area contributed by atoms with E-state index in [1.807, 2.05) is 43.5 Å². The van der Waals surface area contributed by atoms with Crippen molar-refractivity contribution in [2.75, 3.05) is 25.2 Å². The van der Waals surface area contributed by atoms with Crippen LogP contribution in [0.1, 0.15) is 45.2 Å². The maximum absolute atomic E-state index is 12.9. The van der Waals surface area contributed by atoms with Crippen LogP contribution in [-0.4, -0.2) is 31.2 Å². The van der Waals surface area contributed by atoms with E-state index in [9.17, 15) is 10.1 Å². The Kier molecular flexibility index (Phi) is 6.14. The van der Waals surface area contributed by atoms with Crippen LogP contribution < -0.4 is 15.0 Å². The minimum Gasteiger partial charge on any atom is -0.495 e. The number of anilines is 1. The molecule has 3 heterocycles. The number of carbonyl (C=O) groups is 1. The number of ether oxygens (including phenoxy) is 2. The number of aromatic nitrogens is 1. The van der Waals surface area contributed by atoms with E-state index >= 15 is 0 Å². The zero-order valence-corrected chi connectivity index (χ0v) is 20.0. The fourth-order valence-electron chi connectivity index (χ4n) is 4.85. The van der Waals surface area contributed by atoms with Crippen LogP contribution in [-0.2, 0) is 36.3 Å². The number of carbonyl (C=O) groups excluding carboxylic acids is 1. The maximum atomic E-state index is 12.9. The topological polar surface area (TPSA) is 87.5 Å². The lowest BCUT2D eigenvalue weighted by Gasteiger charge is -2.31. The fraction of sp³-hybridized carbons (Fsp3) is 0.321. The first-order chi connectivity index (χ1) is 17.0. The molecule has 1 aromatic heterocycles. The Morgan fingerprint density at radius 2 is 2.09 bits per heavy atom. The summed E-state index contributed by atoms with van der Waals surface area (Å²) >= 11 is 0. The molecule has 1 unspecified atom stereocenters. The summed E-state index contributed by atoms with van der Waals surface area (Å²) in [5, 5.41) is 12.6. The van der Waals surface area contributed by atoms with Crippen LogP contribution in [0.2, 0.25) is 0 Å². The van der Waals surface area contributed by atoms with Crippen LogP contribution in [0, 0.1) is 11.3 Å². The minimum absolute atomic E-state index is 0.185. The Morgan fingerprint density at radius 1 is 1.23 bits per heavy atom. The third kappa shape index (κ3) is 4.45. The van der Waals surface area contributed by atoms with Gasteiger partial charge in [0.25, 0.3) is 5.91 Å². The Labute approximate surface area is 205 Å². The Hall–Kier alpha value is -3.89. The number of nitrogens with one attached hydrogen (secondary N) is 1. The van der Waals surface area contributed by atoms with E-state index in [0.717, 1.165) is 47.8 Å². The lowest BCUT2D eigenvalue weighted by molar-refractivity contribution is 0.0757. The van der Waals surface area contributed by atoms with E-state index in [2.05, 4.69) is 33.4 Å². The molecule has 5 rings (SSSR count). The first-order valence-electron chi connectivity index (χ1n) is 11.8. The smallest absolute Gasteiger partial charge is 0.251 e. The third-order valence-electron chi connectivity index (χ3n) is 6.87. The first kappa shape index (κ1) is 22.9. The minimum atomic E-state index is -0.753. The summed E-state index contributed by atoms with van der Waals surface area (Å²) in [6.45, 7) is 4.62. The van der Waals surface area contributed by atoms with E-state index in [-0.39, 0.29) is 5.91 Å². The van der Waals surface area contributed by atoms with Gasteiger partial charge in [0.2, 0.25) is 0 Å². The first-order valence-corrected chi connectivity index (χ1v) is 11.8. The molecule has 3 aromatic rings. The van der Waals surface area contributed by atoms with Crippen molar-refractivity contribution in [3.05, 3.63) is 88.2 Å². The second-order valence-electron chi connectivity index (χ2n) is 9.28. The van der Waals surface area contributed by atoms with Crippen molar-refractivity contribution in [3.63, 3.8) is 0 Å². The second-order valence-corrected chi connectivity index (χ2v) is 9.28. The second kappa shape index (κ2) is 9.40. The van der Waals surface area contributed by atoms with Gasteiger partial charge < -0.3 is 19.7 Å². The molecule has 1 N–H and O–H groups in total. The third-order valence-corrected chi connectivity index (χ3v) is 6.87. The lowest BCUT2D eigenvalue weighted by atomic mass is 9.79. The summed E-state index contributed by atoms with van der Waals surface area (Å²) in [4.78, 5) is 19.8. The molecule has 0 spiro atoms. The highest BCUT2D eigenvalue weighted by molar-refractivity contribution is 5.94. The van der Waals surface area contributed by atoms with Crippen LogP contribution in [0.5, 0.6) is 5.75 Å². The number of amides is 1. The number of para-hydroxylation sites is 2. The molecule has 35 heavy (non-hydrogen) atoms. The lowest BCUT2D eigenvalue weighted by Crippen LogP contribution is -2.33. The summed E-state index contributed by atoms with van der Waals surface area (Å²) in [6, 6.07) is 17.9. The van der Waals surface area contributed by atoms with Crippen molar-refractivity contribution in [1.29, 1.82) is 5.26 Å². The molecular formula is C28H28N4O3. The molecule has 0 aliphatic carbocycles. The zero-order chi connectivity index (χ0) is 24.4. The van der Waals surface area contributed by atoms with Gasteiger partial charge >= 0.3 is 0 Å². The van der Waals surface area contributed by atoms with Gasteiger partial charge in [0, 0.05) is 24.8 Å². The van der Waals surface area contributed by atoms with Gasteiger partial charge in [-0.15, -0.1) is 0 Å². The number of nitrogens with zero attached hydrogens (tertiary/aromatic N) is 3. The van der Waals surface area contributed by atoms with Crippen molar-refractivity contribution in [1.82, 2.24) is 10.3 Å². The highest BCUT2D eigenvalue weighted by Crippen LogP contribution is 2.33. The van der Waals surface area contributed by atoms with Crippen LogP contribution in [0.25, 0.3) is 0 Å². The molecule has 1 amide bonds. The van der Waals surface area contributed by atoms with Crippen molar-refractivity contribution in [2.45, 2.75) is 38.5 Å². The molecule has 0 saturated heterocycles.